The number of hydrogen-bond donors (Lipinski definition) is 0. The Morgan fingerprint density at radius 1 is 1.25 bits per heavy atom. The molecule has 0 spiro atoms. The van der Waals surface area contributed by atoms with Crippen LogP contribution in [0.2, 0.25) is 25.2 Å². The van der Waals surface area contributed by atoms with Crippen LogP contribution in [0.1, 0.15) is 19.3 Å². The molecule has 0 aromatic heterocycles. The molecule has 0 radical (unpaired) electrons. The van der Waals surface area contributed by atoms with Crippen molar-refractivity contribution >= 4 is 13.9 Å². The first kappa shape index (κ1) is 8.48. The van der Waals surface area contributed by atoms with Crippen LogP contribution in [0.5, 0.6) is 0 Å². The maximum atomic E-state index is 11.5. The van der Waals surface area contributed by atoms with E-state index in [1.54, 1.807) is 0 Å². The maximum Gasteiger partial charge on any atom is 0.136 e. The number of rotatable bonds is 1. The molecule has 0 unspecified atom stereocenters. The Morgan fingerprint density at radius 3 is 2.17 bits per heavy atom. The molecule has 2 aliphatic rings. The van der Waals surface area contributed by atoms with Gasteiger partial charge >= 0.3 is 0 Å². The topological polar surface area (TPSA) is 17.1 Å². The highest BCUT2D eigenvalue weighted by atomic mass is 28.3. The van der Waals surface area contributed by atoms with Gasteiger partial charge in [-0.25, -0.2) is 0 Å². The van der Waals surface area contributed by atoms with E-state index in [1.807, 2.05) is 0 Å². The third-order valence-electron chi connectivity index (χ3n) is 3.67. The van der Waals surface area contributed by atoms with E-state index in [0.717, 1.165) is 17.9 Å². The van der Waals surface area contributed by atoms with Gasteiger partial charge in [0, 0.05) is 20.4 Å². The molecule has 2 aliphatic carbocycles. The van der Waals surface area contributed by atoms with Gasteiger partial charge in [-0.05, 0) is 24.3 Å². The van der Waals surface area contributed by atoms with Gasteiger partial charge in [-0.15, -0.1) is 0 Å². The van der Waals surface area contributed by atoms with Gasteiger partial charge in [-0.2, -0.15) is 0 Å². The van der Waals surface area contributed by atoms with Crippen molar-refractivity contribution in [2.75, 3.05) is 0 Å². The Hall–Kier alpha value is -0.113. The third-order valence-corrected chi connectivity index (χ3v) is 6.54. The van der Waals surface area contributed by atoms with Gasteiger partial charge in [-0.1, -0.05) is 19.6 Å². The van der Waals surface area contributed by atoms with Crippen molar-refractivity contribution in [1.29, 1.82) is 0 Å². The second-order valence-electron chi connectivity index (χ2n) is 5.51. The van der Waals surface area contributed by atoms with Crippen LogP contribution in [-0.4, -0.2) is 13.9 Å². The molecule has 12 heavy (non-hydrogen) atoms. The van der Waals surface area contributed by atoms with Crippen molar-refractivity contribution in [3.8, 4) is 0 Å². The highest BCUT2D eigenvalue weighted by molar-refractivity contribution is 6.78. The summed E-state index contributed by atoms with van der Waals surface area (Å²) < 4.78 is 0. The lowest BCUT2D eigenvalue weighted by Gasteiger charge is -2.28. The minimum absolute atomic E-state index is 0.488. The zero-order chi connectivity index (χ0) is 8.93. The van der Waals surface area contributed by atoms with E-state index in [0.29, 0.717) is 11.7 Å². The van der Waals surface area contributed by atoms with E-state index in [-0.39, 0.29) is 0 Å². The zero-order valence-electron chi connectivity index (χ0n) is 8.26. The molecule has 68 valence electrons. The molecule has 2 heteroatoms. The second-order valence-corrected chi connectivity index (χ2v) is 10.9. The first-order chi connectivity index (χ1) is 5.50. The quantitative estimate of drug-likeness (QED) is 0.570. The van der Waals surface area contributed by atoms with Crippen LogP contribution >= 0.6 is 0 Å². The van der Waals surface area contributed by atoms with Gasteiger partial charge in [0.2, 0.25) is 0 Å². The first-order valence-electron chi connectivity index (χ1n) is 5.03. The summed E-state index contributed by atoms with van der Waals surface area (Å²) >= 11 is 0. The molecule has 0 N–H and O–H groups in total. The van der Waals surface area contributed by atoms with E-state index < -0.39 is 8.07 Å². The molecule has 0 aromatic rings. The summed E-state index contributed by atoms with van der Waals surface area (Å²) in [5.41, 5.74) is 0.824. The maximum absolute atomic E-state index is 11.5. The van der Waals surface area contributed by atoms with Gasteiger partial charge in [-0.3, -0.25) is 4.79 Å². The monoisotopic (exact) mass is 182 g/mol. The number of hydrogen-bond acceptors (Lipinski definition) is 1. The number of carbonyl (C=O) groups excluding carboxylic acids is 1. The van der Waals surface area contributed by atoms with E-state index in [2.05, 4.69) is 19.6 Å². The van der Waals surface area contributed by atoms with Crippen LogP contribution in [0.25, 0.3) is 0 Å². The van der Waals surface area contributed by atoms with Crippen molar-refractivity contribution in [3.63, 3.8) is 0 Å². The molecule has 3 atom stereocenters. The molecule has 2 fully saturated rings. The van der Waals surface area contributed by atoms with E-state index >= 15 is 0 Å². The van der Waals surface area contributed by atoms with Crippen molar-refractivity contribution in [2.24, 2.45) is 11.8 Å². The summed E-state index contributed by atoms with van der Waals surface area (Å²) in [6.45, 7) is 7.25. The van der Waals surface area contributed by atoms with Crippen LogP contribution in [0.3, 0.4) is 0 Å². The second kappa shape index (κ2) is 2.44. The Bertz CT molecular complexity index is 216. The van der Waals surface area contributed by atoms with Crippen LogP contribution < -0.4 is 0 Å². The van der Waals surface area contributed by atoms with E-state index in [4.69, 9.17) is 0 Å². The van der Waals surface area contributed by atoms with E-state index in [9.17, 15) is 4.79 Å². The molecule has 0 heterocycles. The van der Waals surface area contributed by atoms with Gasteiger partial charge < -0.3 is 0 Å². The Labute approximate surface area is 75.6 Å². The average molecular weight is 182 g/mol. The fraction of sp³-hybridized carbons (Fsp3) is 0.900. The Kier molecular flexibility index (Phi) is 1.72. The van der Waals surface area contributed by atoms with Gasteiger partial charge in [0.05, 0.1) is 0 Å². The van der Waals surface area contributed by atoms with Crippen LogP contribution in [0.4, 0.5) is 0 Å². The van der Waals surface area contributed by atoms with Gasteiger partial charge in [0.1, 0.15) is 5.78 Å². The van der Waals surface area contributed by atoms with Crippen molar-refractivity contribution in [2.45, 2.75) is 44.4 Å². The van der Waals surface area contributed by atoms with Crippen LogP contribution in [-0.2, 0) is 4.79 Å². The molecule has 1 nitrogen and oxygen atoms in total. The smallest absolute Gasteiger partial charge is 0.136 e. The minimum atomic E-state index is -1.05. The molecule has 0 amide bonds. The number of carbonyl (C=O) groups is 1. The summed E-state index contributed by atoms with van der Waals surface area (Å²) in [5.74, 6) is 1.86. The molecule has 2 saturated carbocycles. The molecule has 0 aromatic carbocycles. The molecule has 2 rings (SSSR count). The summed E-state index contributed by atoms with van der Waals surface area (Å²) in [5, 5.41) is 0. The highest BCUT2D eigenvalue weighted by Crippen LogP contribution is 2.55. The fourth-order valence-electron chi connectivity index (χ4n) is 3.39. The zero-order valence-corrected chi connectivity index (χ0v) is 9.26. The summed E-state index contributed by atoms with van der Waals surface area (Å²) in [6.07, 6.45) is 3.46. The predicted molar refractivity (Wildman–Crippen MR) is 52.9 cm³/mol. The predicted octanol–water partition coefficient (Wildman–Crippen LogP) is 2.69. The minimum Gasteiger partial charge on any atom is -0.299 e. The van der Waals surface area contributed by atoms with Crippen LogP contribution in [0.15, 0.2) is 0 Å². The molecular weight excluding hydrogens is 164 g/mol. The lowest BCUT2D eigenvalue weighted by molar-refractivity contribution is -0.121. The lowest BCUT2D eigenvalue weighted by atomic mass is 10.00. The largest absolute Gasteiger partial charge is 0.299 e. The lowest BCUT2D eigenvalue weighted by Crippen LogP contribution is -2.31. The SMILES string of the molecule is C[Si](C)(C)[C@H]1[C@H]2CC[C@H]1C(=O)C2. The van der Waals surface area contributed by atoms with Gasteiger partial charge in [0.15, 0.2) is 0 Å². The Balaban J connectivity index is 2.24. The van der Waals surface area contributed by atoms with Crippen LogP contribution in [0, 0.1) is 11.8 Å². The number of Topliss-reactive ketones (excluding diaryl/α,β-unsaturated/α-hetero) is 1. The third kappa shape index (κ3) is 1.08. The van der Waals surface area contributed by atoms with Crippen molar-refractivity contribution < 1.29 is 4.79 Å². The van der Waals surface area contributed by atoms with Crippen molar-refractivity contribution in [3.05, 3.63) is 0 Å². The molecule has 0 saturated heterocycles. The average Bonchev–Trinajstić information content (AvgIpc) is 2.39. The highest BCUT2D eigenvalue weighted by Gasteiger charge is 2.52. The van der Waals surface area contributed by atoms with E-state index in [1.165, 1.54) is 12.8 Å². The molecule has 0 aliphatic heterocycles. The molecule has 2 bridgehead atoms. The number of ketones is 1. The summed E-state index contributed by atoms with van der Waals surface area (Å²) in [7, 11) is -1.05. The normalized spacial score (nSPS) is 40.9. The standard InChI is InChI=1S/C10H18OSi/c1-12(2,3)10-7-4-5-8(10)9(11)6-7/h7-8,10H,4-6H2,1-3H3/t7-,8-,10-/m0/s1. The first-order valence-corrected chi connectivity index (χ1v) is 8.60. The number of fused-ring (bicyclic) bond motifs is 2. The fourth-order valence-corrected chi connectivity index (χ4v) is 6.65. The van der Waals surface area contributed by atoms with Gasteiger partial charge in [0.25, 0.3) is 0 Å². The summed E-state index contributed by atoms with van der Waals surface area (Å²) in [4.78, 5) is 11.5. The molecular formula is C10H18OSi. The summed E-state index contributed by atoms with van der Waals surface area (Å²) in [6, 6.07) is 0. The van der Waals surface area contributed by atoms with Crippen molar-refractivity contribution in [1.82, 2.24) is 0 Å². The Morgan fingerprint density at radius 2 is 1.92 bits per heavy atom.